The third-order valence-corrected chi connectivity index (χ3v) is 7.67. The van der Waals surface area contributed by atoms with Gasteiger partial charge in [-0.2, -0.15) is 0 Å². The molecular formula is C21H22ClF2N3O4. The van der Waals surface area contributed by atoms with Crippen molar-refractivity contribution in [3.05, 3.63) is 33.9 Å². The van der Waals surface area contributed by atoms with E-state index in [2.05, 4.69) is 0 Å². The highest BCUT2D eigenvalue weighted by Crippen LogP contribution is 2.52. The van der Waals surface area contributed by atoms with Crippen molar-refractivity contribution < 1.29 is 23.4 Å². The van der Waals surface area contributed by atoms with Crippen LogP contribution in [-0.4, -0.2) is 52.4 Å². The molecule has 3 fully saturated rings. The molecule has 0 bridgehead atoms. The van der Waals surface area contributed by atoms with Gasteiger partial charge in [-0.3, -0.25) is 4.79 Å². The van der Waals surface area contributed by atoms with Crippen LogP contribution >= 0.6 is 11.6 Å². The summed E-state index contributed by atoms with van der Waals surface area (Å²) in [5.74, 6) is -2.15. The van der Waals surface area contributed by atoms with Crippen molar-refractivity contribution >= 4 is 34.2 Å². The van der Waals surface area contributed by atoms with E-state index in [1.807, 2.05) is 0 Å². The fourth-order valence-electron chi connectivity index (χ4n) is 5.26. The van der Waals surface area contributed by atoms with Gasteiger partial charge in [-0.1, -0.05) is 0 Å². The van der Waals surface area contributed by atoms with E-state index in [9.17, 15) is 19.1 Å². The van der Waals surface area contributed by atoms with Crippen molar-refractivity contribution in [3.63, 3.8) is 0 Å². The van der Waals surface area contributed by atoms with Crippen LogP contribution in [0.4, 0.5) is 14.5 Å². The van der Waals surface area contributed by atoms with E-state index >= 15 is 4.39 Å². The Morgan fingerprint density at radius 2 is 2.10 bits per heavy atom. The number of halogens is 3. The lowest BCUT2D eigenvalue weighted by Gasteiger charge is -2.29. The van der Waals surface area contributed by atoms with E-state index in [-0.39, 0.29) is 28.8 Å². The number of fused-ring (bicyclic) bond motifs is 2. The predicted molar refractivity (Wildman–Crippen MR) is 112 cm³/mol. The average Bonchev–Trinajstić information content (AvgIpc) is 3.26. The lowest BCUT2D eigenvalue weighted by Crippen LogP contribution is -2.52. The van der Waals surface area contributed by atoms with E-state index in [1.165, 1.54) is 11.7 Å². The van der Waals surface area contributed by atoms with Crippen LogP contribution < -0.4 is 20.8 Å². The Morgan fingerprint density at radius 1 is 1.39 bits per heavy atom. The van der Waals surface area contributed by atoms with Gasteiger partial charge in [-0.15, -0.1) is 11.6 Å². The first-order chi connectivity index (χ1) is 14.6. The molecule has 31 heavy (non-hydrogen) atoms. The number of alkyl halides is 2. The van der Waals surface area contributed by atoms with Crippen molar-refractivity contribution in [2.75, 3.05) is 25.1 Å². The molecule has 5 rings (SSSR count). The number of carbonyl (C=O) groups is 1. The summed E-state index contributed by atoms with van der Waals surface area (Å²) in [5, 5.41) is 9.25. The van der Waals surface area contributed by atoms with E-state index < -0.39 is 45.4 Å². The van der Waals surface area contributed by atoms with Crippen molar-refractivity contribution in [3.8, 4) is 5.75 Å². The van der Waals surface area contributed by atoms with Crippen LogP contribution in [0.25, 0.3) is 10.9 Å². The number of benzene rings is 1. The number of nitrogens with two attached hydrogens (primary N) is 1. The molecule has 1 saturated heterocycles. The van der Waals surface area contributed by atoms with Crippen LogP contribution in [0.1, 0.15) is 42.1 Å². The van der Waals surface area contributed by atoms with Gasteiger partial charge in [-0.25, -0.2) is 13.6 Å². The Balaban J connectivity index is 1.77. The lowest BCUT2D eigenvalue weighted by molar-refractivity contribution is 0.0694. The maximum atomic E-state index is 15.4. The fraction of sp³-hybridized carbons (Fsp3) is 0.524. The number of hydrogen-bond donors (Lipinski definition) is 2. The van der Waals surface area contributed by atoms with Gasteiger partial charge < -0.3 is 25.0 Å². The highest BCUT2D eigenvalue weighted by molar-refractivity contribution is 6.26. The second kappa shape index (κ2) is 6.56. The number of carboxylic acids is 1. The molecule has 3 aliphatic rings. The summed E-state index contributed by atoms with van der Waals surface area (Å²) in [5.41, 5.74) is 4.75. The number of anilines is 1. The maximum Gasteiger partial charge on any atom is 0.341 e. The van der Waals surface area contributed by atoms with Crippen LogP contribution in [0.3, 0.4) is 0 Å². The van der Waals surface area contributed by atoms with Crippen LogP contribution in [0.5, 0.6) is 5.75 Å². The van der Waals surface area contributed by atoms with E-state index in [0.717, 1.165) is 18.7 Å². The zero-order chi connectivity index (χ0) is 22.3. The quantitative estimate of drug-likeness (QED) is 0.691. The summed E-state index contributed by atoms with van der Waals surface area (Å²) < 4.78 is 36.3. The largest absolute Gasteiger partial charge is 0.492 e. The van der Waals surface area contributed by atoms with E-state index in [1.54, 1.807) is 4.90 Å². The second-order valence-corrected chi connectivity index (χ2v) is 9.59. The lowest BCUT2D eigenvalue weighted by atomic mass is 9.91. The molecule has 0 amide bonds. The first-order valence-electron chi connectivity index (χ1n) is 10.2. The highest BCUT2D eigenvalue weighted by Gasteiger charge is 2.58. The smallest absolute Gasteiger partial charge is 0.341 e. The third kappa shape index (κ3) is 2.79. The van der Waals surface area contributed by atoms with Gasteiger partial charge in [0.2, 0.25) is 5.43 Å². The summed E-state index contributed by atoms with van der Waals surface area (Å²) >= 11 is 6.81. The van der Waals surface area contributed by atoms with E-state index in [4.69, 9.17) is 22.1 Å². The SMILES string of the molecule is COc1c(N2C[C@]3(N)CCC[C@@]3(Cl)C2)c(F)cc2c(=O)c(C(=O)O)cn([C@@H]3C[C@@H]3F)c12. The molecule has 0 spiro atoms. The number of nitrogens with zero attached hydrogens (tertiary/aromatic N) is 2. The molecule has 1 aromatic carbocycles. The molecule has 1 aromatic heterocycles. The van der Waals surface area contributed by atoms with Gasteiger partial charge >= 0.3 is 5.97 Å². The number of aromatic carboxylic acids is 1. The van der Waals surface area contributed by atoms with Crippen LogP contribution in [0, 0.1) is 5.82 Å². The normalized spacial score (nSPS) is 31.8. The van der Waals surface area contributed by atoms with Crippen molar-refractivity contribution in [2.45, 2.75) is 48.3 Å². The van der Waals surface area contributed by atoms with Gasteiger partial charge in [0.05, 0.1) is 34.5 Å². The van der Waals surface area contributed by atoms with E-state index in [0.29, 0.717) is 25.9 Å². The zero-order valence-electron chi connectivity index (χ0n) is 16.8. The highest BCUT2D eigenvalue weighted by atomic mass is 35.5. The average molecular weight is 454 g/mol. The van der Waals surface area contributed by atoms with Crippen molar-refractivity contribution in [2.24, 2.45) is 5.73 Å². The molecule has 0 unspecified atom stereocenters. The van der Waals surface area contributed by atoms with Gasteiger partial charge in [0.1, 0.15) is 17.4 Å². The van der Waals surface area contributed by atoms with Crippen LogP contribution in [0.2, 0.25) is 0 Å². The molecule has 3 N–H and O–H groups in total. The number of aromatic nitrogens is 1. The molecule has 2 aliphatic carbocycles. The molecular weight excluding hydrogens is 432 g/mol. The number of rotatable bonds is 4. The summed E-state index contributed by atoms with van der Waals surface area (Å²) in [4.78, 5) is 25.4. The Labute approximate surface area is 181 Å². The molecule has 2 aromatic rings. The topological polar surface area (TPSA) is 97.8 Å². The standard InChI is InChI=1S/C21H22ClF2N3O4/c1-31-18-15-10(17(28)11(19(29)30)7-27(15)14-6-12(14)23)5-13(24)16(18)26-8-20(22)3-2-4-21(20,25)9-26/h5,7,12,14H,2-4,6,8-9,25H2,1H3,(H,29,30)/t12-,14+,20+,21+/m0/s1. The number of pyridine rings is 1. The summed E-state index contributed by atoms with van der Waals surface area (Å²) in [7, 11) is 1.34. The molecule has 7 nitrogen and oxygen atoms in total. The Kier molecular flexibility index (Phi) is 4.34. The summed E-state index contributed by atoms with van der Waals surface area (Å²) in [6, 6.07) is 0.360. The van der Waals surface area contributed by atoms with Crippen LogP contribution in [-0.2, 0) is 0 Å². The summed E-state index contributed by atoms with van der Waals surface area (Å²) in [6.45, 7) is 0.609. The number of ether oxygens (including phenoxy) is 1. The Bertz CT molecular complexity index is 1170. The maximum absolute atomic E-state index is 15.4. The van der Waals surface area contributed by atoms with Gasteiger partial charge in [0.25, 0.3) is 0 Å². The molecule has 10 heteroatoms. The zero-order valence-corrected chi connectivity index (χ0v) is 17.6. The van der Waals surface area contributed by atoms with Crippen molar-refractivity contribution in [1.82, 2.24) is 4.57 Å². The monoisotopic (exact) mass is 453 g/mol. The fourth-order valence-corrected chi connectivity index (χ4v) is 5.69. The predicted octanol–water partition coefficient (Wildman–Crippen LogP) is 2.81. The number of methoxy groups -OCH3 is 1. The van der Waals surface area contributed by atoms with Gasteiger partial charge in [0.15, 0.2) is 11.6 Å². The third-order valence-electron chi connectivity index (χ3n) is 6.99. The second-order valence-electron chi connectivity index (χ2n) is 8.87. The van der Waals surface area contributed by atoms with Crippen molar-refractivity contribution in [1.29, 1.82) is 0 Å². The van der Waals surface area contributed by atoms with Crippen LogP contribution in [0.15, 0.2) is 17.1 Å². The first-order valence-corrected chi connectivity index (χ1v) is 10.5. The minimum atomic E-state index is -1.46. The Morgan fingerprint density at radius 3 is 2.68 bits per heavy atom. The molecule has 2 heterocycles. The molecule has 166 valence electrons. The van der Waals surface area contributed by atoms with Gasteiger partial charge in [0, 0.05) is 25.7 Å². The molecule has 2 saturated carbocycles. The molecule has 4 atom stereocenters. The molecule has 1 aliphatic heterocycles. The Hall–Kier alpha value is -2.39. The molecule has 0 radical (unpaired) electrons. The van der Waals surface area contributed by atoms with Gasteiger partial charge in [-0.05, 0) is 25.3 Å². The minimum absolute atomic E-state index is 0.0481. The summed E-state index contributed by atoms with van der Waals surface area (Å²) in [6.07, 6.45) is 2.42. The first kappa shape index (κ1) is 20.5. The number of carboxylic acid groups (broad SMARTS) is 1. The minimum Gasteiger partial charge on any atom is -0.492 e. The number of hydrogen-bond acceptors (Lipinski definition) is 5.